The molecule has 3 rings (SSSR count). The summed E-state index contributed by atoms with van der Waals surface area (Å²) in [6.45, 7) is 21.5. The molecule has 1 aromatic heterocycles. The quantitative estimate of drug-likeness (QED) is 0.318. The molecule has 0 amide bonds. The number of hydrogen-bond donors (Lipinski definition) is 2. The standard InChI is InChI=1S/C27H47N3O9SSi2/c1-18-15-30(24(33)29(22(18)32)13-12-14-31)23-21(38-42(10,11)26(5,6)7)27(19(28)17-40(34,35)39-27)20(37-23)16-36-41(8,9)25(2,3)4/h12-13,15,17,20-21,23,31H,14,16,28H2,1-11H3/b13-12+. The van der Waals surface area contributed by atoms with Crippen LogP contribution in [0.15, 0.2) is 33.0 Å². The third-order valence-electron chi connectivity index (χ3n) is 9.02. The van der Waals surface area contributed by atoms with Crippen molar-refractivity contribution in [3.63, 3.8) is 0 Å². The highest BCUT2D eigenvalue weighted by Crippen LogP contribution is 2.52. The van der Waals surface area contributed by atoms with Gasteiger partial charge in [-0.25, -0.2) is 13.5 Å². The van der Waals surface area contributed by atoms with Crippen LogP contribution in [0.25, 0.3) is 6.20 Å². The fourth-order valence-electron chi connectivity index (χ4n) is 4.40. The second kappa shape index (κ2) is 11.3. The van der Waals surface area contributed by atoms with Gasteiger partial charge in [-0.15, -0.1) is 0 Å². The molecule has 0 bridgehead atoms. The maximum atomic E-state index is 13.7. The molecule has 0 saturated carbocycles. The fourth-order valence-corrected chi connectivity index (χ4v) is 7.91. The topological polar surface area (TPSA) is 161 Å². The van der Waals surface area contributed by atoms with Crippen molar-refractivity contribution in [3.8, 4) is 0 Å². The van der Waals surface area contributed by atoms with E-state index in [4.69, 9.17) is 23.5 Å². The lowest BCUT2D eigenvalue weighted by Crippen LogP contribution is -2.59. The van der Waals surface area contributed by atoms with E-state index >= 15 is 0 Å². The van der Waals surface area contributed by atoms with Gasteiger partial charge < -0.3 is 24.4 Å². The van der Waals surface area contributed by atoms with E-state index in [2.05, 4.69) is 33.9 Å². The summed E-state index contributed by atoms with van der Waals surface area (Å²) in [6, 6.07) is 0. The Morgan fingerprint density at radius 2 is 1.67 bits per heavy atom. The maximum Gasteiger partial charge on any atom is 0.337 e. The zero-order chi connectivity index (χ0) is 32.3. The van der Waals surface area contributed by atoms with Gasteiger partial charge in [0.2, 0.25) is 0 Å². The predicted molar refractivity (Wildman–Crippen MR) is 166 cm³/mol. The minimum absolute atomic E-state index is 0.0772. The van der Waals surface area contributed by atoms with Crippen molar-refractivity contribution in [2.75, 3.05) is 13.2 Å². The number of ether oxygens (including phenoxy) is 1. The van der Waals surface area contributed by atoms with Crippen LogP contribution >= 0.6 is 0 Å². The van der Waals surface area contributed by atoms with Crippen molar-refractivity contribution in [2.45, 2.75) is 109 Å². The van der Waals surface area contributed by atoms with E-state index in [0.29, 0.717) is 0 Å². The molecule has 2 aliphatic rings. The van der Waals surface area contributed by atoms with E-state index in [-0.39, 0.29) is 34.6 Å². The van der Waals surface area contributed by atoms with Gasteiger partial charge in [-0.3, -0.25) is 9.36 Å². The van der Waals surface area contributed by atoms with Crippen LogP contribution in [0.3, 0.4) is 0 Å². The van der Waals surface area contributed by atoms with Crippen molar-refractivity contribution in [3.05, 3.63) is 49.8 Å². The summed E-state index contributed by atoms with van der Waals surface area (Å²) in [7, 11) is -9.32. The Kier molecular flexibility index (Phi) is 9.28. The third kappa shape index (κ3) is 6.20. The Morgan fingerprint density at radius 3 is 2.14 bits per heavy atom. The zero-order valence-electron chi connectivity index (χ0n) is 26.5. The van der Waals surface area contributed by atoms with Crippen molar-refractivity contribution < 1.29 is 31.3 Å². The Morgan fingerprint density at radius 1 is 1.10 bits per heavy atom. The molecule has 1 spiro atoms. The zero-order valence-corrected chi connectivity index (χ0v) is 29.4. The summed E-state index contributed by atoms with van der Waals surface area (Å²) in [4.78, 5) is 26.6. The van der Waals surface area contributed by atoms with Gasteiger partial charge in [0.1, 0.15) is 12.2 Å². The molecule has 238 valence electrons. The number of aryl methyl sites for hydroxylation is 1. The van der Waals surface area contributed by atoms with Crippen LogP contribution in [0.5, 0.6) is 0 Å². The largest absolute Gasteiger partial charge is 0.414 e. The van der Waals surface area contributed by atoms with Crippen molar-refractivity contribution >= 4 is 33.0 Å². The van der Waals surface area contributed by atoms with Gasteiger partial charge in [0.15, 0.2) is 28.5 Å². The normalized spacial score (nSPS) is 26.9. The van der Waals surface area contributed by atoms with Crippen molar-refractivity contribution in [1.29, 1.82) is 0 Å². The highest BCUT2D eigenvalue weighted by atomic mass is 32.2. The monoisotopic (exact) mass is 645 g/mol. The number of aliphatic hydroxyl groups excluding tert-OH is 1. The molecule has 4 atom stereocenters. The second-order valence-electron chi connectivity index (χ2n) is 14.1. The van der Waals surface area contributed by atoms with E-state index < -0.39 is 62.0 Å². The summed E-state index contributed by atoms with van der Waals surface area (Å²) < 4.78 is 53.6. The highest BCUT2D eigenvalue weighted by molar-refractivity contribution is 7.90. The van der Waals surface area contributed by atoms with Gasteiger partial charge in [0.25, 0.3) is 15.7 Å². The molecule has 2 aliphatic heterocycles. The Hall–Kier alpha value is -1.86. The first kappa shape index (κ1) is 34.6. The molecule has 15 heteroatoms. The molecule has 0 aromatic carbocycles. The van der Waals surface area contributed by atoms with E-state index in [9.17, 15) is 23.1 Å². The SMILES string of the molecule is Cc1cn(C2OC(CO[Si](C)(C)C(C)(C)C)C3(OS(=O)(=O)C=C3N)C2O[Si](C)(C)C(C)(C)C)c(=O)n(/C=C/CO)c1=O. The summed E-state index contributed by atoms with van der Waals surface area (Å²) in [5, 5.41) is 9.65. The van der Waals surface area contributed by atoms with Gasteiger partial charge in [0, 0.05) is 18.0 Å². The van der Waals surface area contributed by atoms with Crippen molar-refractivity contribution in [1.82, 2.24) is 9.13 Å². The molecular weight excluding hydrogens is 599 g/mol. The molecule has 1 fully saturated rings. The van der Waals surface area contributed by atoms with Gasteiger partial charge in [-0.05, 0) is 49.3 Å². The molecule has 1 saturated heterocycles. The minimum atomic E-state index is -4.23. The summed E-state index contributed by atoms with van der Waals surface area (Å²) >= 11 is 0. The van der Waals surface area contributed by atoms with E-state index in [1.807, 2.05) is 33.9 Å². The lowest BCUT2D eigenvalue weighted by Gasteiger charge is -2.43. The van der Waals surface area contributed by atoms with Gasteiger partial charge in [0.05, 0.1) is 24.3 Å². The molecular formula is C27H47N3O9SSi2. The first-order valence-corrected chi connectivity index (χ1v) is 21.2. The molecule has 12 nitrogen and oxygen atoms in total. The van der Waals surface area contributed by atoms with Gasteiger partial charge in [-0.2, -0.15) is 8.42 Å². The highest BCUT2D eigenvalue weighted by Gasteiger charge is 2.67. The molecule has 0 radical (unpaired) electrons. The molecule has 4 unspecified atom stereocenters. The molecule has 3 N–H and O–H groups in total. The van der Waals surface area contributed by atoms with E-state index in [0.717, 1.165) is 9.98 Å². The van der Waals surface area contributed by atoms with E-state index in [1.54, 1.807) is 6.92 Å². The lowest BCUT2D eigenvalue weighted by atomic mass is 9.89. The van der Waals surface area contributed by atoms with Gasteiger partial charge in [-0.1, -0.05) is 41.5 Å². The minimum Gasteiger partial charge on any atom is -0.414 e. The molecule has 3 heterocycles. The number of hydrogen-bond acceptors (Lipinski definition) is 10. The van der Waals surface area contributed by atoms with Crippen LogP contribution in [0.2, 0.25) is 36.3 Å². The number of nitrogens with zero attached hydrogens (tertiary/aromatic N) is 2. The van der Waals surface area contributed by atoms with Crippen LogP contribution in [0.4, 0.5) is 0 Å². The van der Waals surface area contributed by atoms with Crippen LogP contribution in [-0.4, -0.2) is 70.3 Å². The number of nitrogens with two attached hydrogens (primary N) is 1. The summed E-state index contributed by atoms with van der Waals surface area (Å²) in [5.74, 6) is 0. The Labute approximate surface area is 250 Å². The second-order valence-corrected chi connectivity index (χ2v) is 25.0. The number of aromatic nitrogens is 2. The van der Waals surface area contributed by atoms with Crippen LogP contribution in [0, 0.1) is 6.92 Å². The molecule has 42 heavy (non-hydrogen) atoms. The Bertz CT molecular complexity index is 1480. The third-order valence-corrected chi connectivity index (χ3v) is 19.0. The first-order chi connectivity index (χ1) is 18.9. The smallest absolute Gasteiger partial charge is 0.337 e. The summed E-state index contributed by atoms with van der Waals surface area (Å²) in [5.41, 5.74) is 3.41. The summed E-state index contributed by atoms with van der Waals surface area (Å²) in [6.07, 6.45) is 0.273. The Balaban J connectivity index is 2.31. The number of rotatable bonds is 8. The maximum absolute atomic E-state index is 13.7. The number of aliphatic hydroxyl groups is 1. The average Bonchev–Trinajstić information content (AvgIpc) is 3.25. The van der Waals surface area contributed by atoms with E-state index in [1.165, 1.54) is 23.0 Å². The lowest BCUT2D eigenvalue weighted by molar-refractivity contribution is -0.0565. The van der Waals surface area contributed by atoms with Gasteiger partial charge >= 0.3 is 5.69 Å². The predicted octanol–water partition coefficient (Wildman–Crippen LogP) is 2.99. The molecule has 0 aliphatic carbocycles. The van der Waals surface area contributed by atoms with Crippen LogP contribution < -0.4 is 17.0 Å². The van der Waals surface area contributed by atoms with Crippen LogP contribution in [-0.2, 0) is 27.9 Å². The fraction of sp³-hybridized carbons (Fsp3) is 0.704. The average molecular weight is 646 g/mol. The van der Waals surface area contributed by atoms with Crippen molar-refractivity contribution in [2.24, 2.45) is 5.73 Å². The molecule has 1 aromatic rings. The first-order valence-electron chi connectivity index (χ1n) is 13.9. The van der Waals surface area contributed by atoms with Crippen LogP contribution in [0.1, 0.15) is 53.3 Å².